The van der Waals surface area contributed by atoms with E-state index in [1.807, 2.05) is 0 Å². The summed E-state index contributed by atoms with van der Waals surface area (Å²) in [6, 6.07) is 0. The zero-order chi connectivity index (χ0) is 9.40. The summed E-state index contributed by atoms with van der Waals surface area (Å²) >= 11 is 4.66. The van der Waals surface area contributed by atoms with E-state index in [9.17, 15) is 4.79 Å². The second-order valence-electron chi connectivity index (χ2n) is 1.74. The van der Waals surface area contributed by atoms with E-state index in [1.165, 1.54) is 6.08 Å². The van der Waals surface area contributed by atoms with Crippen LogP contribution < -0.4 is 0 Å². The van der Waals surface area contributed by atoms with Crippen LogP contribution in [-0.2, 0) is 14.3 Å². The molecule has 0 aliphatic rings. The second-order valence-corrected chi connectivity index (χ2v) is 2.15. The van der Waals surface area contributed by atoms with E-state index in [0.717, 1.165) is 6.08 Å². The maximum absolute atomic E-state index is 10.5. The van der Waals surface area contributed by atoms with Crippen LogP contribution in [0.2, 0.25) is 0 Å². The first-order valence-corrected chi connectivity index (χ1v) is 3.70. The smallest absolute Gasteiger partial charge is 0.330 e. The first-order valence-electron chi connectivity index (χ1n) is 3.29. The zero-order valence-corrected chi connectivity index (χ0v) is 7.43. The summed E-state index contributed by atoms with van der Waals surface area (Å²) in [5.41, 5.74) is 0. The summed E-state index contributed by atoms with van der Waals surface area (Å²) in [7, 11) is 0. The van der Waals surface area contributed by atoms with Gasteiger partial charge in [0.05, 0.1) is 0 Å². The van der Waals surface area contributed by atoms with Crippen LogP contribution in [0.1, 0.15) is 0 Å². The molecule has 0 aromatic rings. The SMILES string of the molecule is C=CC(=O)OCCOC(=S)C=C. The van der Waals surface area contributed by atoms with E-state index in [1.54, 1.807) is 0 Å². The van der Waals surface area contributed by atoms with Crippen LogP contribution in [0.3, 0.4) is 0 Å². The van der Waals surface area contributed by atoms with Crippen molar-refractivity contribution in [2.75, 3.05) is 13.2 Å². The minimum absolute atomic E-state index is 0.166. The lowest BCUT2D eigenvalue weighted by atomic mass is 10.6. The molecule has 0 bridgehead atoms. The van der Waals surface area contributed by atoms with E-state index in [2.05, 4.69) is 30.1 Å². The zero-order valence-electron chi connectivity index (χ0n) is 6.62. The molecular weight excluding hydrogens is 176 g/mol. The number of esters is 1. The van der Waals surface area contributed by atoms with Gasteiger partial charge in [0.25, 0.3) is 0 Å². The number of hydrogen-bond donors (Lipinski definition) is 0. The average Bonchev–Trinajstić information content (AvgIpc) is 2.11. The van der Waals surface area contributed by atoms with Gasteiger partial charge in [0, 0.05) is 6.08 Å². The molecule has 3 nitrogen and oxygen atoms in total. The molecule has 0 N–H and O–H groups in total. The maximum atomic E-state index is 10.5. The molecule has 0 saturated heterocycles. The molecule has 0 aromatic heterocycles. The molecule has 0 aliphatic carbocycles. The Morgan fingerprint density at radius 2 is 1.83 bits per heavy atom. The molecule has 0 saturated carbocycles. The third-order valence-electron chi connectivity index (χ3n) is 0.905. The minimum Gasteiger partial charge on any atom is -0.480 e. The van der Waals surface area contributed by atoms with Crippen molar-refractivity contribution in [2.24, 2.45) is 0 Å². The van der Waals surface area contributed by atoms with E-state index in [4.69, 9.17) is 4.74 Å². The van der Waals surface area contributed by atoms with Gasteiger partial charge in [-0.3, -0.25) is 0 Å². The van der Waals surface area contributed by atoms with Crippen molar-refractivity contribution in [3.63, 3.8) is 0 Å². The molecule has 12 heavy (non-hydrogen) atoms. The van der Waals surface area contributed by atoms with Crippen LogP contribution in [0.15, 0.2) is 25.3 Å². The summed E-state index contributed by atoms with van der Waals surface area (Å²) in [6.07, 6.45) is 2.50. The molecule has 4 heteroatoms. The lowest BCUT2D eigenvalue weighted by Gasteiger charge is -2.03. The fourth-order valence-corrected chi connectivity index (χ4v) is 0.486. The van der Waals surface area contributed by atoms with Gasteiger partial charge in [0.2, 0.25) is 0 Å². The van der Waals surface area contributed by atoms with Gasteiger partial charge in [0.1, 0.15) is 13.2 Å². The normalized spacial score (nSPS) is 8.33. The number of carbonyl (C=O) groups excluding carboxylic acids is 1. The monoisotopic (exact) mass is 186 g/mol. The van der Waals surface area contributed by atoms with Crippen molar-refractivity contribution in [1.82, 2.24) is 0 Å². The third kappa shape index (κ3) is 5.61. The molecule has 0 atom stereocenters. The minimum atomic E-state index is -0.469. The Morgan fingerprint density at radius 3 is 2.33 bits per heavy atom. The van der Waals surface area contributed by atoms with Crippen LogP contribution >= 0.6 is 12.2 Å². The van der Waals surface area contributed by atoms with Crippen molar-refractivity contribution in [3.05, 3.63) is 25.3 Å². The van der Waals surface area contributed by atoms with Crippen LogP contribution in [0.25, 0.3) is 0 Å². The number of carbonyl (C=O) groups is 1. The van der Waals surface area contributed by atoms with Gasteiger partial charge in [-0.1, -0.05) is 13.2 Å². The number of rotatable bonds is 5. The summed E-state index contributed by atoms with van der Waals surface area (Å²) in [5, 5.41) is 0.296. The Bertz CT molecular complexity index is 176. The highest BCUT2D eigenvalue weighted by atomic mass is 32.1. The number of thiocarbonyl (C=S) groups is 1. The van der Waals surface area contributed by atoms with Gasteiger partial charge in [-0.05, 0) is 18.3 Å². The second kappa shape index (κ2) is 6.54. The van der Waals surface area contributed by atoms with Gasteiger partial charge in [-0.15, -0.1) is 0 Å². The molecule has 0 heterocycles. The molecular formula is C8H10O3S. The largest absolute Gasteiger partial charge is 0.480 e. The predicted octanol–water partition coefficient (Wildman–Crippen LogP) is 1.25. The van der Waals surface area contributed by atoms with E-state index < -0.39 is 5.97 Å². The van der Waals surface area contributed by atoms with Gasteiger partial charge < -0.3 is 9.47 Å². The van der Waals surface area contributed by atoms with Gasteiger partial charge >= 0.3 is 5.97 Å². The number of hydrogen-bond acceptors (Lipinski definition) is 4. The first kappa shape index (κ1) is 10.8. The summed E-state index contributed by atoms with van der Waals surface area (Å²) in [5.74, 6) is -0.469. The van der Waals surface area contributed by atoms with E-state index in [-0.39, 0.29) is 13.2 Å². The molecule has 0 aliphatic heterocycles. The Balaban J connectivity index is 3.32. The van der Waals surface area contributed by atoms with Crippen LogP contribution in [0.5, 0.6) is 0 Å². The van der Waals surface area contributed by atoms with E-state index >= 15 is 0 Å². The highest BCUT2D eigenvalue weighted by Crippen LogP contribution is 1.85. The molecule has 66 valence electrons. The van der Waals surface area contributed by atoms with Gasteiger partial charge in [0.15, 0.2) is 5.05 Å². The topological polar surface area (TPSA) is 35.5 Å². The lowest BCUT2D eigenvalue weighted by molar-refractivity contribution is -0.138. The third-order valence-corrected chi connectivity index (χ3v) is 1.19. The van der Waals surface area contributed by atoms with Crippen molar-refractivity contribution < 1.29 is 14.3 Å². The molecule has 0 fully saturated rings. The summed E-state index contributed by atoms with van der Waals surface area (Å²) in [6.45, 7) is 7.04. The van der Waals surface area contributed by atoms with Crippen molar-refractivity contribution in [1.29, 1.82) is 0 Å². The van der Waals surface area contributed by atoms with Crippen molar-refractivity contribution in [3.8, 4) is 0 Å². The standard InChI is InChI=1S/C8H10O3S/c1-3-7(9)10-5-6-11-8(12)4-2/h3-4H,1-2,5-6H2. The average molecular weight is 186 g/mol. The summed E-state index contributed by atoms with van der Waals surface area (Å²) < 4.78 is 9.50. The Hall–Kier alpha value is -1.16. The van der Waals surface area contributed by atoms with Crippen LogP contribution in [0.4, 0.5) is 0 Å². The van der Waals surface area contributed by atoms with Gasteiger partial charge in [-0.2, -0.15) is 0 Å². The molecule has 0 amide bonds. The Morgan fingerprint density at radius 1 is 1.25 bits per heavy atom. The summed E-state index contributed by atoms with van der Waals surface area (Å²) in [4.78, 5) is 10.5. The highest BCUT2D eigenvalue weighted by Gasteiger charge is 1.95. The van der Waals surface area contributed by atoms with E-state index in [0.29, 0.717) is 5.05 Å². The van der Waals surface area contributed by atoms with Crippen molar-refractivity contribution >= 4 is 23.2 Å². The Kier molecular flexibility index (Phi) is 5.91. The fraction of sp³-hybridized carbons (Fsp3) is 0.250. The first-order chi connectivity index (χ1) is 5.70. The van der Waals surface area contributed by atoms with Crippen LogP contribution in [0, 0.1) is 0 Å². The molecule has 0 radical (unpaired) electrons. The van der Waals surface area contributed by atoms with Gasteiger partial charge in [-0.25, -0.2) is 4.79 Å². The molecule has 0 unspecified atom stereocenters. The molecule has 0 rings (SSSR count). The van der Waals surface area contributed by atoms with Crippen molar-refractivity contribution in [2.45, 2.75) is 0 Å². The number of ether oxygens (including phenoxy) is 2. The molecule has 0 aromatic carbocycles. The molecule has 0 spiro atoms. The van der Waals surface area contributed by atoms with Crippen LogP contribution in [-0.4, -0.2) is 24.2 Å². The quantitative estimate of drug-likeness (QED) is 0.280. The Labute approximate surface area is 76.7 Å². The lowest BCUT2D eigenvalue weighted by Crippen LogP contribution is -2.10. The highest BCUT2D eigenvalue weighted by molar-refractivity contribution is 7.80. The predicted molar refractivity (Wildman–Crippen MR) is 49.9 cm³/mol. The fourth-order valence-electron chi connectivity index (χ4n) is 0.402. The maximum Gasteiger partial charge on any atom is 0.330 e.